The number of carbonyl (C=O) groups is 2. The number of morpholine rings is 1. The van der Waals surface area contributed by atoms with Gasteiger partial charge in [-0.1, -0.05) is 30.3 Å². The lowest BCUT2D eigenvalue weighted by atomic mass is 9.53. The minimum absolute atomic E-state index is 0.0602. The second-order valence-corrected chi connectivity index (χ2v) is 13.1. The molecule has 5 aliphatic rings. The number of nitrogens with one attached hydrogen (secondary N) is 1. The molecule has 1 aromatic heterocycles. The number of benzene rings is 1. The summed E-state index contributed by atoms with van der Waals surface area (Å²) in [5.41, 5.74) is 0.966. The van der Waals surface area contributed by atoms with Crippen molar-refractivity contribution < 1.29 is 18.7 Å². The summed E-state index contributed by atoms with van der Waals surface area (Å²) in [6, 6.07) is 13.8. The Bertz CT molecular complexity index is 1140. The molecule has 8 nitrogen and oxygen atoms in total. The third-order valence-corrected chi connectivity index (χ3v) is 9.74. The highest BCUT2D eigenvalue weighted by Crippen LogP contribution is 2.55. The largest absolute Gasteiger partial charge is 0.464 e. The van der Waals surface area contributed by atoms with Crippen LogP contribution in [0.25, 0.3) is 0 Å². The summed E-state index contributed by atoms with van der Waals surface area (Å²) >= 11 is 0. The molecule has 4 bridgehead atoms. The zero-order chi connectivity index (χ0) is 28.2. The highest BCUT2D eigenvalue weighted by Gasteiger charge is 2.51. The Hall–Kier alpha value is -2.84. The van der Waals surface area contributed by atoms with Gasteiger partial charge in [0, 0.05) is 38.3 Å². The summed E-state index contributed by atoms with van der Waals surface area (Å²) in [6.07, 6.45) is 8.11. The zero-order valence-corrected chi connectivity index (χ0v) is 24.6. The van der Waals surface area contributed by atoms with E-state index in [0.717, 1.165) is 93.4 Å². The first-order valence-corrected chi connectivity index (χ1v) is 15.7. The smallest absolute Gasteiger partial charge is 0.318 e. The van der Waals surface area contributed by atoms with Crippen molar-refractivity contribution in [2.75, 3.05) is 45.9 Å². The predicted octanol–water partition coefficient (Wildman–Crippen LogP) is 4.82. The highest BCUT2D eigenvalue weighted by atomic mass is 16.5. The summed E-state index contributed by atoms with van der Waals surface area (Å²) in [6.45, 7) is 7.64. The monoisotopic (exact) mass is 562 g/mol. The van der Waals surface area contributed by atoms with Gasteiger partial charge in [0.15, 0.2) is 0 Å². The number of hydrogen-bond donors (Lipinski definition) is 1. The molecule has 1 aliphatic heterocycles. The molecule has 1 aromatic carbocycles. The number of nitrogens with zero attached hydrogens (tertiary/aromatic N) is 3. The van der Waals surface area contributed by atoms with Crippen LogP contribution in [0.1, 0.15) is 62.0 Å². The first-order chi connectivity index (χ1) is 19.9. The van der Waals surface area contributed by atoms with Crippen molar-refractivity contribution in [2.45, 2.75) is 70.5 Å². The fourth-order valence-corrected chi connectivity index (χ4v) is 8.19. The molecule has 3 amide bonds. The van der Waals surface area contributed by atoms with E-state index in [9.17, 15) is 9.59 Å². The molecule has 0 radical (unpaired) electrons. The van der Waals surface area contributed by atoms with Crippen LogP contribution in [0.15, 0.2) is 46.9 Å². The van der Waals surface area contributed by atoms with E-state index in [2.05, 4.69) is 10.2 Å². The predicted molar refractivity (Wildman–Crippen MR) is 157 cm³/mol. The van der Waals surface area contributed by atoms with E-state index in [1.807, 2.05) is 54.3 Å². The van der Waals surface area contributed by atoms with E-state index >= 15 is 0 Å². The molecule has 8 heteroatoms. The average molecular weight is 563 g/mol. The Morgan fingerprint density at radius 3 is 2.24 bits per heavy atom. The SMILES string of the molecule is Cc1ccc(CN(Cc2ccccc2)C(=O)CN(CCCN2CCOCC2)C(=O)NC23CC4CC(CC(C4)C2)C3)o1. The van der Waals surface area contributed by atoms with E-state index in [0.29, 0.717) is 19.6 Å². The number of urea groups is 1. The van der Waals surface area contributed by atoms with Crippen molar-refractivity contribution in [1.82, 2.24) is 20.0 Å². The summed E-state index contributed by atoms with van der Waals surface area (Å²) < 4.78 is 11.3. The number of ether oxygens (including phenoxy) is 1. The van der Waals surface area contributed by atoms with Gasteiger partial charge in [-0.25, -0.2) is 4.79 Å². The van der Waals surface area contributed by atoms with Crippen molar-refractivity contribution in [2.24, 2.45) is 17.8 Å². The van der Waals surface area contributed by atoms with Gasteiger partial charge >= 0.3 is 6.03 Å². The molecule has 1 N–H and O–H groups in total. The van der Waals surface area contributed by atoms with Crippen LogP contribution < -0.4 is 5.32 Å². The van der Waals surface area contributed by atoms with E-state index in [1.165, 1.54) is 19.3 Å². The molecule has 0 unspecified atom stereocenters. The standard InChI is InChI=1S/C33H46N4O4/c1-25-8-9-30(41-25)23-37(22-26-6-3-2-4-7-26)31(38)24-36(11-5-10-35-12-14-40-15-13-35)32(39)34-33-19-27-16-28(20-33)18-29(17-27)21-33/h2-4,6-9,27-29H,5,10-24H2,1H3,(H,34,39). The Morgan fingerprint density at radius 2 is 1.61 bits per heavy atom. The van der Waals surface area contributed by atoms with Crippen molar-refractivity contribution in [3.05, 3.63) is 59.5 Å². The summed E-state index contributed by atoms with van der Waals surface area (Å²) in [7, 11) is 0. The van der Waals surface area contributed by atoms with Gasteiger partial charge in [-0.15, -0.1) is 0 Å². The minimum atomic E-state index is -0.0905. The molecule has 4 saturated carbocycles. The van der Waals surface area contributed by atoms with E-state index in [4.69, 9.17) is 9.15 Å². The maximum absolute atomic E-state index is 14.0. The van der Waals surface area contributed by atoms with Crippen molar-refractivity contribution >= 4 is 11.9 Å². The molecule has 0 atom stereocenters. The molecule has 2 heterocycles. The summed E-state index contributed by atoms with van der Waals surface area (Å²) in [5, 5.41) is 3.52. The third-order valence-electron chi connectivity index (χ3n) is 9.74. The molecule has 2 aromatic rings. The first kappa shape index (κ1) is 28.3. The molecule has 5 fully saturated rings. The molecule has 41 heavy (non-hydrogen) atoms. The zero-order valence-electron chi connectivity index (χ0n) is 24.6. The van der Waals surface area contributed by atoms with Crippen LogP contribution in [0.4, 0.5) is 4.79 Å². The van der Waals surface area contributed by atoms with Crippen molar-refractivity contribution in [3.8, 4) is 0 Å². The quantitative estimate of drug-likeness (QED) is 0.425. The highest BCUT2D eigenvalue weighted by molar-refractivity contribution is 5.84. The maximum atomic E-state index is 14.0. The Balaban J connectivity index is 1.16. The topological polar surface area (TPSA) is 78.3 Å². The van der Waals surface area contributed by atoms with Crippen LogP contribution >= 0.6 is 0 Å². The molecular weight excluding hydrogens is 516 g/mol. The Morgan fingerprint density at radius 1 is 0.927 bits per heavy atom. The number of furan rings is 1. The fraction of sp³-hybridized carbons (Fsp3) is 0.636. The number of hydrogen-bond acceptors (Lipinski definition) is 5. The summed E-state index contributed by atoms with van der Waals surface area (Å²) in [4.78, 5) is 33.9. The van der Waals surface area contributed by atoms with Gasteiger partial charge < -0.3 is 24.3 Å². The Labute approximate surface area is 244 Å². The number of carbonyl (C=O) groups excluding carboxylic acids is 2. The fourth-order valence-electron chi connectivity index (χ4n) is 8.19. The van der Waals surface area contributed by atoms with E-state index < -0.39 is 0 Å². The molecule has 222 valence electrons. The molecule has 1 saturated heterocycles. The van der Waals surface area contributed by atoms with Crippen molar-refractivity contribution in [1.29, 1.82) is 0 Å². The van der Waals surface area contributed by atoms with Crippen LogP contribution in [0, 0.1) is 24.7 Å². The molecular formula is C33H46N4O4. The van der Waals surface area contributed by atoms with Crippen LogP contribution in [0.2, 0.25) is 0 Å². The number of aryl methyl sites for hydroxylation is 1. The van der Waals surface area contributed by atoms with Gasteiger partial charge in [0.05, 0.1) is 19.8 Å². The molecule has 0 spiro atoms. The van der Waals surface area contributed by atoms with Crippen LogP contribution in [0.5, 0.6) is 0 Å². The van der Waals surface area contributed by atoms with Crippen LogP contribution in [-0.4, -0.2) is 78.1 Å². The Kier molecular flexibility index (Phi) is 8.68. The van der Waals surface area contributed by atoms with Gasteiger partial charge in [-0.05, 0) is 87.3 Å². The van der Waals surface area contributed by atoms with Gasteiger partial charge in [-0.2, -0.15) is 0 Å². The first-order valence-electron chi connectivity index (χ1n) is 15.7. The average Bonchev–Trinajstić information content (AvgIpc) is 3.36. The lowest BCUT2D eigenvalue weighted by Gasteiger charge is -2.57. The van der Waals surface area contributed by atoms with Gasteiger partial charge in [0.25, 0.3) is 0 Å². The third kappa shape index (κ3) is 7.15. The molecule has 7 rings (SSSR count). The second-order valence-electron chi connectivity index (χ2n) is 13.1. The maximum Gasteiger partial charge on any atom is 0.318 e. The number of rotatable bonds is 11. The normalized spacial score (nSPS) is 27.1. The van der Waals surface area contributed by atoms with Gasteiger partial charge in [-0.3, -0.25) is 9.69 Å². The van der Waals surface area contributed by atoms with Crippen LogP contribution in [-0.2, 0) is 22.6 Å². The summed E-state index contributed by atoms with van der Waals surface area (Å²) in [5.74, 6) is 3.76. The van der Waals surface area contributed by atoms with Gasteiger partial charge in [0.1, 0.15) is 18.1 Å². The van der Waals surface area contributed by atoms with Crippen molar-refractivity contribution in [3.63, 3.8) is 0 Å². The van der Waals surface area contributed by atoms with Crippen LogP contribution in [0.3, 0.4) is 0 Å². The van der Waals surface area contributed by atoms with E-state index in [1.54, 1.807) is 4.90 Å². The van der Waals surface area contributed by atoms with Gasteiger partial charge in [0.2, 0.25) is 5.91 Å². The lowest BCUT2D eigenvalue weighted by molar-refractivity contribution is -0.133. The number of amides is 3. The lowest BCUT2D eigenvalue weighted by Crippen LogP contribution is -2.62. The second kappa shape index (κ2) is 12.6. The van der Waals surface area contributed by atoms with E-state index in [-0.39, 0.29) is 24.0 Å². The minimum Gasteiger partial charge on any atom is -0.464 e. The molecule has 4 aliphatic carbocycles.